The predicted octanol–water partition coefficient (Wildman–Crippen LogP) is 5.82. The van der Waals surface area contributed by atoms with Crippen molar-refractivity contribution < 1.29 is 9.18 Å². The second kappa shape index (κ2) is 8.17. The first-order valence-corrected chi connectivity index (χ1v) is 10.1. The molecule has 1 aliphatic heterocycles. The van der Waals surface area contributed by atoms with Gasteiger partial charge in [-0.2, -0.15) is 0 Å². The number of unbranched alkanes of at least 4 members (excludes halogenated alkanes) is 1. The molecule has 2 aromatic rings. The molecule has 1 aromatic heterocycles. The van der Waals surface area contributed by atoms with E-state index in [4.69, 9.17) is 11.6 Å². The van der Waals surface area contributed by atoms with Crippen molar-refractivity contribution in [3.05, 3.63) is 57.1 Å². The zero-order valence-electron chi connectivity index (χ0n) is 13.5. The van der Waals surface area contributed by atoms with Crippen LogP contribution in [0.5, 0.6) is 0 Å². The van der Waals surface area contributed by atoms with Gasteiger partial charge in [-0.15, -0.1) is 11.3 Å². The first-order chi connectivity index (χ1) is 12.1. The average Bonchev–Trinajstić information content (AvgIpc) is 3.20. The Balaban J connectivity index is 1.95. The van der Waals surface area contributed by atoms with Gasteiger partial charge in [0.2, 0.25) is 0 Å². The first kappa shape index (κ1) is 18.2. The number of aliphatic imine (C=N–C) groups is 1. The highest BCUT2D eigenvalue weighted by molar-refractivity contribution is 8.14. The predicted molar refractivity (Wildman–Crippen MR) is 106 cm³/mol. The van der Waals surface area contributed by atoms with Crippen LogP contribution in [-0.4, -0.2) is 16.8 Å². The quantitative estimate of drug-likeness (QED) is 0.473. The Morgan fingerprint density at radius 2 is 2.24 bits per heavy atom. The lowest BCUT2D eigenvalue weighted by Crippen LogP contribution is -2.30. The highest BCUT2D eigenvalue weighted by atomic mass is 35.5. The maximum Gasteiger partial charge on any atom is 0.283 e. The Hall–Kier alpha value is -1.63. The van der Waals surface area contributed by atoms with E-state index in [0.717, 1.165) is 23.5 Å². The molecule has 130 valence electrons. The first-order valence-electron chi connectivity index (χ1n) is 7.86. The lowest BCUT2D eigenvalue weighted by atomic mass is 10.2. The molecule has 7 heteroatoms. The maximum absolute atomic E-state index is 13.5. The smallest absolute Gasteiger partial charge is 0.266 e. The third-order valence-corrected chi connectivity index (χ3v) is 5.68. The summed E-state index contributed by atoms with van der Waals surface area (Å²) in [6.45, 7) is 2.11. The molecular formula is C18H16ClFN2OS2. The molecule has 1 amide bonds. The summed E-state index contributed by atoms with van der Waals surface area (Å²) < 4.78 is 13.5. The molecule has 1 aromatic carbocycles. The van der Waals surface area contributed by atoms with Gasteiger partial charge in [-0.25, -0.2) is 9.38 Å². The van der Waals surface area contributed by atoms with Gasteiger partial charge in [-0.3, -0.25) is 9.69 Å². The van der Waals surface area contributed by atoms with Gasteiger partial charge in [0.15, 0.2) is 5.17 Å². The summed E-state index contributed by atoms with van der Waals surface area (Å²) in [5.41, 5.74) is 0.899. The molecular weight excluding hydrogens is 379 g/mol. The number of amidine groups is 1. The van der Waals surface area contributed by atoms with Crippen molar-refractivity contribution in [3.8, 4) is 0 Å². The standard InChI is InChI=1S/C18H16ClFN2OS2/c1-2-3-8-25-18-21-16(11-13-5-4-9-24-13)17(23)22(18)12-6-7-15(20)14(19)10-12/h4-7,9-11H,2-3,8H2,1H3/b16-11+. The van der Waals surface area contributed by atoms with Crippen LogP contribution in [0.2, 0.25) is 5.02 Å². The second-order valence-corrected chi connectivity index (χ2v) is 7.83. The molecule has 0 saturated carbocycles. The van der Waals surface area contributed by atoms with Crippen molar-refractivity contribution in [2.45, 2.75) is 19.8 Å². The van der Waals surface area contributed by atoms with Crippen LogP contribution in [-0.2, 0) is 4.79 Å². The van der Waals surface area contributed by atoms with Crippen molar-refractivity contribution in [2.24, 2.45) is 4.99 Å². The minimum atomic E-state index is -0.511. The van der Waals surface area contributed by atoms with E-state index in [-0.39, 0.29) is 10.9 Å². The van der Waals surface area contributed by atoms with Crippen molar-refractivity contribution in [1.29, 1.82) is 0 Å². The van der Waals surface area contributed by atoms with Crippen LogP contribution in [0.1, 0.15) is 24.6 Å². The van der Waals surface area contributed by atoms with E-state index < -0.39 is 5.82 Å². The fourth-order valence-electron chi connectivity index (χ4n) is 2.26. The molecule has 0 fully saturated rings. The van der Waals surface area contributed by atoms with Gasteiger partial charge < -0.3 is 0 Å². The van der Waals surface area contributed by atoms with Crippen LogP contribution in [0.3, 0.4) is 0 Å². The van der Waals surface area contributed by atoms with E-state index in [1.54, 1.807) is 23.5 Å². The van der Waals surface area contributed by atoms with E-state index in [1.807, 2.05) is 17.5 Å². The summed E-state index contributed by atoms with van der Waals surface area (Å²) in [5, 5.41) is 2.53. The number of hydrogen-bond donors (Lipinski definition) is 0. The molecule has 1 aliphatic rings. The second-order valence-electron chi connectivity index (χ2n) is 5.38. The summed E-state index contributed by atoms with van der Waals surface area (Å²) >= 11 is 8.96. The summed E-state index contributed by atoms with van der Waals surface area (Å²) in [6.07, 6.45) is 3.87. The number of nitrogens with zero attached hydrogens (tertiary/aromatic N) is 2. The molecule has 3 rings (SSSR count). The van der Waals surface area contributed by atoms with Gasteiger partial charge in [0.25, 0.3) is 5.91 Å². The SMILES string of the molecule is CCCCSC1=N/C(=C/c2cccs2)C(=O)N1c1ccc(F)c(Cl)c1. The lowest BCUT2D eigenvalue weighted by molar-refractivity contribution is -0.113. The number of rotatable bonds is 5. The molecule has 0 radical (unpaired) electrons. The van der Waals surface area contributed by atoms with E-state index in [1.165, 1.54) is 28.8 Å². The van der Waals surface area contributed by atoms with Crippen molar-refractivity contribution in [2.75, 3.05) is 10.7 Å². The minimum absolute atomic E-state index is 0.0149. The van der Waals surface area contributed by atoms with Gasteiger partial charge >= 0.3 is 0 Å². The third-order valence-electron chi connectivity index (χ3n) is 3.54. The molecule has 0 N–H and O–H groups in total. The van der Waals surface area contributed by atoms with Crippen LogP contribution in [0.15, 0.2) is 46.4 Å². The summed E-state index contributed by atoms with van der Waals surface area (Å²) in [7, 11) is 0. The zero-order chi connectivity index (χ0) is 17.8. The Bertz CT molecular complexity index is 834. The fraction of sp³-hybridized carbons (Fsp3) is 0.222. The molecule has 0 saturated heterocycles. The van der Waals surface area contributed by atoms with Crippen LogP contribution in [0, 0.1) is 5.82 Å². The van der Waals surface area contributed by atoms with Gasteiger partial charge in [-0.05, 0) is 42.1 Å². The van der Waals surface area contributed by atoms with Gasteiger partial charge in [0.05, 0.1) is 10.7 Å². The molecule has 0 unspecified atom stereocenters. The monoisotopic (exact) mass is 394 g/mol. The van der Waals surface area contributed by atoms with Gasteiger partial charge in [-0.1, -0.05) is 42.8 Å². The topological polar surface area (TPSA) is 32.7 Å². The summed E-state index contributed by atoms with van der Waals surface area (Å²) in [4.78, 5) is 19.8. The Kier molecular flexibility index (Phi) is 5.93. The van der Waals surface area contributed by atoms with E-state index in [2.05, 4.69) is 11.9 Å². The summed E-state index contributed by atoms with van der Waals surface area (Å²) in [5.74, 6) is 0.124. The Morgan fingerprint density at radius 3 is 2.92 bits per heavy atom. The minimum Gasteiger partial charge on any atom is -0.266 e. The number of thiophene rings is 1. The number of amides is 1. The van der Waals surface area contributed by atoms with Crippen molar-refractivity contribution in [1.82, 2.24) is 0 Å². The van der Waals surface area contributed by atoms with Crippen LogP contribution in [0.25, 0.3) is 6.08 Å². The van der Waals surface area contributed by atoms with Gasteiger partial charge in [0.1, 0.15) is 11.5 Å². The van der Waals surface area contributed by atoms with Gasteiger partial charge in [0, 0.05) is 10.6 Å². The Morgan fingerprint density at radius 1 is 1.40 bits per heavy atom. The third kappa shape index (κ3) is 4.14. The lowest BCUT2D eigenvalue weighted by Gasteiger charge is -2.18. The number of carbonyl (C=O) groups is 1. The largest absolute Gasteiger partial charge is 0.283 e. The number of hydrogen-bond acceptors (Lipinski definition) is 4. The van der Waals surface area contributed by atoms with Crippen LogP contribution in [0.4, 0.5) is 10.1 Å². The molecule has 0 spiro atoms. The number of benzene rings is 1. The molecule has 0 bridgehead atoms. The average molecular weight is 395 g/mol. The highest BCUT2D eigenvalue weighted by Crippen LogP contribution is 2.32. The van der Waals surface area contributed by atoms with Crippen LogP contribution < -0.4 is 4.90 Å². The summed E-state index contributed by atoms with van der Waals surface area (Å²) in [6, 6.07) is 8.12. The number of thioether (sulfide) groups is 1. The maximum atomic E-state index is 13.5. The number of halogens is 2. The van der Waals surface area contributed by atoms with E-state index in [9.17, 15) is 9.18 Å². The molecule has 25 heavy (non-hydrogen) atoms. The fourth-order valence-corrected chi connectivity index (χ4v) is 4.18. The van der Waals surface area contributed by atoms with E-state index >= 15 is 0 Å². The molecule has 2 heterocycles. The number of anilines is 1. The Labute approximate surface area is 159 Å². The molecule has 0 atom stereocenters. The molecule has 3 nitrogen and oxygen atoms in total. The van der Waals surface area contributed by atoms with Crippen LogP contribution >= 0.6 is 34.7 Å². The molecule has 0 aliphatic carbocycles. The zero-order valence-corrected chi connectivity index (χ0v) is 15.9. The van der Waals surface area contributed by atoms with Crippen molar-refractivity contribution in [3.63, 3.8) is 0 Å². The number of carbonyl (C=O) groups excluding carboxylic acids is 1. The van der Waals surface area contributed by atoms with Crippen molar-refractivity contribution >= 4 is 57.5 Å². The normalized spacial score (nSPS) is 16.0. The van der Waals surface area contributed by atoms with E-state index in [0.29, 0.717) is 16.6 Å². The highest BCUT2D eigenvalue weighted by Gasteiger charge is 2.32.